The third-order valence-electron chi connectivity index (χ3n) is 4.53. The molecule has 0 saturated carbocycles. The van der Waals surface area contributed by atoms with Gasteiger partial charge in [0.15, 0.2) is 5.75 Å². The van der Waals surface area contributed by atoms with Crippen LogP contribution in [0.15, 0.2) is 64.8 Å². The average Bonchev–Trinajstić information content (AvgIpc) is 2.73. The lowest BCUT2D eigenvalue weighted by Gasteiger charge is -2.09. The molecular weight excluding hydrogens is 434 g/mol. The van der Waals surface area contributed by atoms with Crippen LogP contribution < -0.4 is 20.4 Å². The van der Waals surface area contributed by atoms with Gasteiger partial charge in [-0.1, -0.05) is 0 Å². The third kappa shape index (κ3) is 4.53. The second kappa shape index (κ2) is 8.29. The van der Waals surface area contributed by atoms with Crippen molar-refractivity contribution in [3.63, 3.8) is 0 Å². The number of rotatable bonds is 6. The molecule has 5 N–H and O–H groups in total. The van der Waals surface area contributed by atoms with Crippen LogP contribution in [0.4, 0.5) is 22.7 Å². The summed E-state index contributed by atoms with van der Waals surface area (Å²) in [7, 11) is -4.75. The Hall–Kier alpha value is -3.96. The van der Waals surface area contributed by atoms with Crippen molar-refractivity contribution >= 4 is 55.0 Å². The Labute approximate surface area is 183 Å². The van der Waals surface area contributed by atoms with Gasteiger partial charge in [0.05, 0.1) is 29.0 Å². The number of nitrogen functional groups attached to an aromatic ring is 2. The largest absolute Gasteiger partial charge is 0.494 e. The summed E-state index contributed by atoms with van der Waals surface area (Å²) in [6.45, 7) is 2.45. The predicted molar refractivity (Wildman–Crippen MR) is 122 cm³/mol. The lowest BCUT2D eigenvalue weighted by molar-refractivity contribution is 0.340. The molecule has 0 aliphatic heterocycles. The molecule has 0 saturated heterocycles. The number of azo groups is 1. The van der Waals surface area contributed by atoms with Crippen molar-refractivity contribution in [2.75, 3.05) is 18.1 Å². The number of benzene rings is 3. The van der Waals surface area contributed by atoms with Crippen molar-refractivity contribution in [2.45, 2.75) is 6.92 Å². The van der Waals surface area contributed by atoms with Crippen LogP contribution in [0.25, 0.3) is 21.8 Å². The van der Waals surface area contributed by atoms with Gasteiger partial charge in [0.2, 0.25) is 0 Å². The normalized spacial score (nSPS) is 11.9. The van der Waals surface area contributed by atoms with Crippen LogP contribution in [-0.4, -0.2) is 24.6 Å². The highest BCUT2D eigenvalue weighted by Gasteiger charge is 2.13. The van der Waals surface area contributed by atoms with Crippen LogP contribution >= 0.6 is 0 Å². The van der Waals surface area contributed by atoms with Gasteiger partial charge >= 0.3 is 10.4 Å². The summed E-state index contributed by atoms with van der Waals surface area (Å²) in [5.41, 5.74) is 14.6. The van der Waals surface area contributed by atoms with Crippen LogP contribution in [0.5, 0.6) is 11.5 Å². The monoisotopic (exact) mass is 453 g/mol. The molecule has 11 heteroatoms. The standard InChI is InChI=1S/C21H19N5O5S/c1-2-30-14-5-8-17-16(11-14)21(23)15-6-4-13(10-19(15)24-17)25-26-18-7-3-12(22)9-20(18)31-32(27,28)29/h3-11H,2,22H2,1H3,(H2,23,24)(H,27,28,29). The van der Waals surface area contributed by atoms with Gasteiger partial charge in [-0.25, -0.2) is 4.98 Å². The fourth-order valence-electron chi connectivity index (χ4n) is 3.17. The van der Waals surface area contributed by atoms with Gasteiger partial charge in [0, 0.05) is 22.5 Å². The summed E-state index contributed by atoms with van der Waals surface area (Å²) in [5, 5.41) is 9.67. The molecule has 0 bridgehead atoms. The van der Waals surface area contributed by atoms with Crippen LogP contribution in [0.2, 0.25) is 0 Å². The molecule has 0 fully saturated rings. The molecule has 1 aromatic heterocycles. The molecule has 4 aromatic rings. The molecule has 0 aliphatic carbocycles. The summed E-state index contributed by atoms with van der Waals surface area (Å²) in [5.74, 6) is 0.459. The van der Waals surface area contributed by atoms with E-state index >= 15 is 0 Å². The second-order valence-corrected chi connectivity index (χ2v) is 7.80. The van der Waals surface area contributed by atoms with Gasteiger partial charge < -0.3 is 20.4 Å². The minimum absolute atomic E-state index is 0.0614. The maximum Gasteiger partial charge on any atom is 0.446 e. The number of hydrogen-bond acceptors (Lipinski definition) is 9. The van der Waals surface area contributed by atoms with Crippen LogP contribution in [0.1, 0.15) is 6.92 Å². The van der Waals surface area contributed by atoms with Crippen molar-refractivity contribution in [1.82, 2.24) is 4.98 Å². The van der Waals surface area contributed by atoms with Gasteiger partial charge in [0.25, 0.3) is 0 Å². The predicted octanol–water partition coefficient (Wildman–Crippen LogP) is 4.55. The number of anilines is 2. The molecule has 0 unspecified atom stereocenters. The number of nitrogens with zero attached hydrogens (tertiary/aromatic N) is 3. The number of fused-ring (bicyclic) bond motifs is 2. The third-order valence-corrected chi connectivity index (χ3v) is 4.92. The van der Waals surface area contributed by atoms with E-state index in [-0.39, 0.29) is 17.1 Å². The minimum atomic E-state index is -4.75. The molecule has 3 aromatic carbocycles. The summed E-state index contributed by atoms with van der Waals surface area (Å²) < 4.78 is 41.2. The molecule has 1 heterocycles. The highest BCUT2D eigenvalue weighted by atomic mass is 32.3. The first-order valence-electron chi connectivity index (χ1n) is 9.47. The van der Waals surface area contributed by atoms with E-state index in [9.17, 15) is 8.42 Å². The summed E-state index contributed by atoms with van der Waals surface area (Å²) in [6, 6.07) is 14.8. The number of aromatic nitrogens is 1. The molecule has 0 radical (unpaired) electrons. The quantitative estimate of drug-likeness (QED) is 0.166. The highest BCUT2D eigenvalue weighted by molar-refractivity contribution is 7.81. The zero-order valence-electron chi connectivity index (χ0n) is 16.9. The molecule has 0 atom stereocenters. The van der Waals surface area contributed by atoms with E-state index in [2.05, 4.69) is 19.4 Å². The molecule has 0 spiro atoms. The molecular formula is C21H19N5O5S. The molecule has 10 nitrogen and oxygen atoms in total. The van der Waals surface area contributed by atoms with Crippen LogP contribution in [0.3, 0.4) is 0 Å². The first-order valence-corrected chi connectivity index (χ1v) is 10.8. The number of nitrogens with two attached hydrogens (primary N) is 2. The van der Waals surface area contributed by atoms with Gasteiger partial charge in [-0.2, -0.15) is 13.5 Å². The van der Waals surface area contributed by atoms with Crippen molar-refractivity contribution in [3.8, 4) is 11.5 Å². The van der Waals surface area contributed by atoms with Crippen LogP contribution in [0, 0.1) is 0 Å². The smallest absolute Gasteiger partial charge is 0.446 e. The van der Waals surface area contributed by atoms with Crippen LogP contribution in [-0.2, 0) is 10.4 Å². The first kappa shape index (κ1) is 21.3. The second-order valence-electron chi connectivity index (χ2n) is 6.78. The summed E-state index contributed by atoms with van der Waals surface area (Å²) in [6.07, 6.45) is 0. The van der Waals surface area contributed by atoms with Gasteiger partial charge in [-0.05, 0) is 55.5 Å². The summed E-state index contributed by atoms with van der Waals surface area (Å²) in [4.78, 5) is 4.64. The Morgan fingerprint density at radius 2 is 1.78 bits per heavy atom. The average molecular weight is 453 g/mol. The zero-order chi connectivity index (χ0) is 22.9. The van der Waals surface area contributed by atoms with E-state index in [0.717, 1.165) is 10.8 Å². The Balaban J connectivity index is 1.73. The minimum Gasteiger partial charge on any atom is -0.494 e. The Bertz CT molecular complexity index is 1470. The maximum atomic E-state index is 11.1. The lowest BCUT2D eigenvalue weighted by Crippen LogP contribution is -2.07. The molecule has 0 amide bonds. The van der Waals surface area contributed by atoms with E-state index in [0.29, 0.717) is 34.8 Å². The van der Waals surface area contributed by atoms with E-state index in [4.69, 9.17) is 20.8 Å². The Morgan fingerprint density at radius 1 is 0.969 bits per heavy atom. The fraction of sp³-hybridized carbons (Fsp3) is 0.0952. The lowest BCUT2D eigenvalue weighted by atomic mass is 10.1. The first-order chi connectivity index (χ1) is 15.2. The van der Waals surface area contributed by atoms with E-state index < -0.39 is 10.4 Å². The number of pyridine rings is 1. The fourth-order valence-corrected chi connectivity index (χ4v) is 3.53. The van der Waals surface area contributed by atoms with E-state index in [1.807, 2.05) is 25.1 Å². The van der Waals surface area contributed by atoms with Crippen molar-refractivity contribution < 1.29 is 21.9 Å². The van der Waals surface area contributed by atoms with Crippen molar-refractivity contribution in [2.24, 2.45) is 10.2 Å². The highest BCUT2D eigenvalue weighted by Crippen LogP contribution is 2.35. The number of hydrogen-bond donors (Lipinski definition) is 3. The Kier molecular flexibility index (Phi) is 5.51. The van der Waals surface area contributed by atoms with E-state index in [1.54, 1.807) is 18.2 Å². The van der Waals surface area contributed by atoms with Crippen molar-refractivity contribution in [3.05, 3.63) is 54.6 Å². The van der Waals surface area contributed by atoms with Crippen molar-refractivity contribution in [1.29, 1.82) is 0 Å². The Morgan fingerprint density at radius 3 is 2.53 bits per heavy atom. The van der Waals surface area contributed by atoms with E-state index in [1.165, 1.54) is 18.2 Å². The molecule has 4 rings (SSSR count). The topological polar surface area (TPSA) is 162 Å². The maximum absolute atomic E-state index is 11.1. The van der Waals surface area contributed by atoms with Gasteiger partial charge in [-0.15, -0.1) is 5.11 Å². The zero-order valence-corrected chi connectivity index (χ0v) is 17.7. The molecule has 0 aliphatic rings. The van der Waals surface area contributed by atoms with Gasteiger partial charge in [0.1, 0.15) is 11.4 Å². The van der Waals surface area contributed by atoms with Gasteiger partial charge in [-0.3, -0.25) is 4.55 Å². The number of ether oxygens (including phenoxy) is 1. The molecule has 32 heavy (non-hydrogen) atoms. The molecule has 164 valence electrons. The summed E-state index contributed by atoms with van der Waals surface area (Å²) >= 11 is 0. The SMILES string of the molecule is CCOc1ccc2nc3cc(N=Nc4ccc(N)cc4OS(=O)(=O)O)ccc3c(N)c2c1.